The van der Waals surface area contributed by atoms with Gasteiger partial charge in [0.2, 0.25) is 0 Å². The zero-order chi connectivity index (χ0) is 20.3. The van der Waals surface area contributed by atoms with E-state index in [1.165, 1.54) is 19.6 Å². The minimum absolute atomic E-state index is 0.131. The first kappa shape index (κ1) is 20.5. The fourth-order valence-electron chi connectivity index (χ4n) is 3.55. The molecule has 0 saturated carbocycles. The van der Waals surface area contributed by atoms with Gasteiger partial charge >= 0.3 is 5.69 Å². The van der Waals surface area contributed by atoms with Crippen molar-refractivity contribution in [2.24, 2.45) is 0 Å². The summed E-state index contributed by atoms with van der Waals surface area (Å²) in [7, 11) is -3.53. The molecule has 2 aliphatic heterocycles. The molecule has 0 aliphatic carbocycles. The highest BCUT2D eigenvalue weighted by Crippen LogP contribution is 2.27. The van der Waals surface area contributed by atoms with Crippen molar-refractivity contribution in [1.29, 1.82) is 0 Å². The Bertz CT molecular complexity index is 843. The van der Waals surface area contributed by atoms with Crippen LogP contribution in [0.25, 0.3) is 0 Å². The van der Waals surface area contributed by atoms with E-state index in [1.807, 2.05) is 0 Å². The Kier molecular flexibility index (Phi) is 6.16. The molecule has 0 spiro atoms. The second kappa shape index (κ2) is 8.41. The van der Waals surface area contributed by atoms with E-state index in [2.05, 4.69) is 0 Å². The second-order valence-corrected chi connectivity index (χ2v) is 8.90. The van der Waals surface area contributed by atoms with Crippen LogP contribution in [0, 0.1) is 10.1 Å². The van der Waals surface area contributed by atoms with Crippen molar-refractivity contribution in [3.63, 3.8) is 0 Å². The molecule has 1 amide bonds. The van der Waals surface area contributed by atoms with Gasteiger partial charge in [0.05, 0.1) is 4.92 Å². The summed E-state index contributed by atoms with van der Waals surface area (Å²) in [5.41, 5.74) is -0.336. The monoisotopic (exact) mass is 412 g/mol. The molecule has 1 aromatic rings. The number of phenolic OH excluding ortho intramolecular Hbond substituents is 1. The Morgan fingerprint density at radius 3 is 2.07 bits per heavy atom. The van der Waals surface area contributed by atoms with E-state index in [4.69, 9.17) is 0 Å². The number of nitrogens with zero attached hydrogens (tertiary/aromatic N) is 4. The molecule has 28 heavy (non-hydrogen) atoms. The lowest BCUT2D eigenvalue weighted by Crippen LogP contribution is -2.54. The van der Waals surface area contributed by atoms with E-state index in [0.29, 0.717) is 13.1 Å². The molecular weight excluding hydrogens is 388 g/mol. The summed E-state index contributed by atoms with van der Waals surface area (Å²) < 4.78 is 28.6. The number of rotatable bonds is 4. The van der Waals surface area contributed by atoms with Gasteiger partial charge in [-0.15, -0.1) is 0 Å². The predicted molar refractivity (Wildman–Crippen MR) is 101 cm³/mol. The molecule has 2 aliphatic rings. The molecular formula is C17H24N4O6S. The maximum Gasteiger partial charge on any atom is 0.310 e. The summed E-state index contributed by atoms with van der Waals surface area (Å²) in [4.78, 5) is 24.1. The zero-order valence-corrected chi connectivity index (χ0v) is 16.3. The van der Waals surface area contributed by atoms with Gasteiger partial charge in [0.15, 0.2) is 5.75 Å². The lowest BCUT2D eigenvalue weighted by atomic mass is 10.1. The summed E-state index contributed by atoms with van der Waals surface area (Å²) in [6.07, 6.45) is 3.80. The van der Waals surface area contributed by atoms with Crippen molar-refractivity contribution < 1.29 is 23.2 Å². The van der Waals surface area contributed by atoms with Crippen molar-refractivity contribution in [3.05, 3.63) is 33.9 Å². The standard InChI is InChI=1S/C17H24N4O6S/c22-16-13-14(5-6-15(16)21(24)25)17(23)18-9-11-20(12-10-18)28(26,27)19-7-3-1-2-4-8-19/h5-6,13,22H,1-4,7-12H2. The molecule has 1 N–H and O–H groups in total. The highest BCUT2D eigenvalue weighted by atomic mass is 32.2. The highest BCUT2D eigenvalue weighted by molar-refractivity contribution is 7.86. The van der Waals surface area contributed by atoms with Gasteiger partial charge in [-0.1, -0.05) is 12.8 Å². The Balaban J connectivity index is 1.64. The average Bonchev–Trinajstić information content (AvgIpc) is 2.97. The molecule has 2 saturated heterocycles. The molecule has 3 rings (SSSR count). The van der Waals surface area contributed by atoms with Crippen LogP contribution in [0.2, 0.25) is 0 Å². The minimum atomic E-state index is -3.53. The van der Waals surface area contributed by atoms with E-state index in [9.17, 15) is 28.4 Å². The predicted octanol–water partition coefficient (Wildman–Crippen LogP) is 1.18. The van der Waals surface area contributed by atoms with Crippen molar-refractivity contribution >= 4 is 21.8 Å². The normalized spacial score (nSPS) is 19.9. The van der Waals surface area contributed by atoms with Gasteiger partial charge in [-0.2, -0.15) is 17.0 Å². The first-order valence-corrected chi connectivity index (χ1v) is 10.7. The fourth-order valence-corrected chi connectivity index (χ4v) is 5.22. The number of piperazine rings is 1. The quantitative estimate of drug-likeness (QED) is 0.585. The molecule has 0 bridgehead atoms. The fraction of sp³-hybridized carbons (Fsp3) is 0.588. The van der Waals surface area contributed by atoms with Crippen LogP contribution in [0.1, 0.15) is 36.0 Å². The smallest absolute Gasteiger partial charge is 0.310 e. The van der Waals surface area contributed by atoms with Crippen LogP contribution in [-0.2, 0) is 10.2 Å². The molecule has 2 fully saturated rings. The Hall–Kier alpha value is -2.24. The third kappa shape index (κ3) is 4.26. The zero-order valence-electron chi connectivity index (χ0n) is 15.5. The van der Waals surface area contributed by atoms with Crippen molar-refractivity contribution in [1.82, 2.24) is 13.5 Å². The Morgan fingerprint density at radius 2 is 1.54 bits per heavy atom. The molecule has 0 atom stereocenters. The summed E-state index contributed by atoms with van der Waals surface area (Å²) in [5, 5.41) is 20.5. The average molecular weight is 412 g/mol. The molecule has 10 nitrogen and oxygen atoms in total. The maximum absolute atomic E-state index is 12.8. The molecule has 1 aromatic carbocycles. The number of amides is 1. The van der Waals surface area contributed by atoms with Crippen molar-refractivity contribution in [2.45, 2.75) is 25.7 Å². The van der Waals surface area contributed by atoms with Gasteiger partial charge in [-0.3, -0.25) is 14.9 Å². The number of benzene rings is 1. The summed E-state index contributed by atoms with van der Waals surface area (Å²) in [6, 6.07) is 3.45. The number of nitro benzene ring substituents is 1. The van der Waals surface area contributed by atoms with Gasteiger partial charge in [0, 0.05) is 50.9 Å². The number of carbonyl (C=O) groups is 1. The second-order valence-electron chi connectivity index (χ2n) is 6.97. The number of carbonyl (C=O) groups excluding carboxylic acids is 1. The summed E-state index contributed by atoms with van der Waals surface area (Å²) >= 11 is 0. The lowest BCUT2D eigenvalue weighted by Gasteiger charge is -2.36. The maximum atomic E-state index is 12.8. The third-order valence-electron chi connectivity index (χ3n) is 5.16. The van der Waals surface area contributed by atoms with E-state index in [1.54, 1.807) is 0 Å². The molecule has 11 heteroatoms. The van der Waals surface area contributed by atoms with Crippen molar-refractivity contribution in [3.8, 4) is 5.75 Å². The molecule has 0 radical (unpaired) electrons. The number of aromatic hydroxyl groups is 1. The number of hydrogen-bond donors (Lipinski definition) is 1. The number of nitro groups is 1. The van der Waals surface area contributed by atoms with Gasteiger partial charge in [-0.05, 0) is 25.0 Å². The van der Waals surface area contributed by atoms with E-state index in [0.717, 1.165) is 37.8 Å². The Morgan fingerprint density at radius 1 is 0.964 bits per heavy atom. The van der Waals surface area contributed by atoms with Gasteiger partial charge < -0.3 is 10.0 Å². The van der Waals surface area contributed by atoms with Crippen LogP contribution in [-0.4, -0.2) is 77.1 Å². The van der Waals surface area contributed by atoms with Crippen LogP contribution < -0.4 is 0 Å². The Labute approximate surface area is 163 Å². The SMILES string of the molecule is O=C(c1ccc([N+](=O)[O-])c(O)c1)N1CCN(S(=O)(=O)N2CCCCCC2)CC1. The van der Waals surface area contributed by atoms with Crippen LogP contribution in [0.5, 0.6) is 5.75 Å². The number of phenols is 1. The van der Waals surface area contributed by atoms with Gasteiger partial charge in [-0.25, -0.2) is 0 Å². The largest absolute Gasteiger partial charge is 0.502 e. The van der Waals surface area contributed by atoms with E-state index in [-0.39, 0.29) is 31.7 Å². The van der Waals surface area contributed by atoms with Crippen LogP contribution >= 0.6 is 0 Å². The molecule has 0 aromatic heterocycles. The number of hydrogen-bond acceptors (Lipinski definition) is 6. The van der Waals surface area contributed by atoms with Crippen molar-refractivity contribution in [2.75, 3.05) is 39.3 Å². The van der Waals surface area contributed by atoms with Gasteiger partial charge in [0.1, 0.15) is 0 Å². The molecule has 154 valence electrons. The van der Waals surface area contributed by atoms with Crippen LogP contribution in [0.15, 0.2) is 18.2 Å². The summed E-state index contributed by atoms with van der Waals surface area (Å²) in [6.45, 7) is 1.91. The van der Waals surface area contributed by atoms with E-state index >= 15 is 0 Å². The van der Waals surface area contributed by atoms with Gasteiger partial charge in [0.25, 0.3) is 16.1 Å². The first-order chi connectivity index (χ1) is 13.3. The summed E-state index contributed by atoms with van der Waals surface area (Å²) in [5.74, 6) is -0.963. The van der Waals surface area contributed by atoms with Crippen LogP contribution in [0.3, 0.4) is 0 Å². The highest BCUT2D eigenvalue weighted by Gasteiger charge is 2.34. The molecule has 0 unspecified atom stereocenters. The minimum Gasteiger partial charge on any atom is -0.502 e. The van der Waals surface area contributed by atoms with Crippen LogP contribution in [0.4, 0.5) is 5.69 Å². The first-order valence-electron chi connectivity index (χ1n) is 9.32. The van der Waals surface area contributed by atoms with E-state index < -0.39 is 32.5 Å². The molecule has 2 heterocycles. The lowest BCUT2D eigenvalue weighted by molar-refractivity contribution is -0.385. The third-order valence-corrected chi connectivity index (χ3v) is 7.20. The topological polar surface area (TPSA) is 124 Å².